The largest absolute Gasteiger partial charge is 0.0619 e. The minimum Gasteiger partial charge on any atom is -0.0619 e. The van der Waals surface area contributed by atoms with E-state index in [1.807, 2.05) is 0 Å². The van der Waals surface area contributed by atoms with Crippen LogP contribution in [0.25, 0.3) is 54.2 Å². The zero-order valence-electron chi connectivity index (χ0n) is 19.4. The molecule has 0 aliphatic heterocycles. The molecule has 6 aromatic carbocycles. The normalized spacial score (nSPS) is 14.9. The molecular formula is C34H28. The first-order chi connectivity index (χ1) is 16.8. The molecule has 0 heterocycles. The average Bonchev–Trinajstić information content (AvgIpc) is 2.90. The molecule has 0 radical (unpaired) electrons. The van der Waals surface area contributed by atoms with E-state index >= 15 is 0 Å². The summed E-state index contributed by atoms with van der Waals surface area (Å²) in [6, 6.07) is 38.9. The molecule has 1 aliphatic rings. The van der Waals surface area contributed by atoms with Gasteiger partial charge in [-0.15, -0.1) is 0 Å². The number of fused-ring (bicyclic) bond motifs is 4. The molecular weight excluding hydrogens is 408 g/mol. The van der Waals surface area contributed by atoms with Crippen LogP contribution in [0, 0.1) is 0 Å². The second kappa shape index (κ2) is 7.99. The van der Waals surface area contributed by atoms with E-state index < -0.39 is 0 Å². The maximum atomic E-state index is 2.40. The molecule has 0 nitrogen and oxygen atoms in total. The lowest BCUT2D eigenvalue weighted by Crippen LogP contribution is -2.05. The number of hydrogen-bond donors (Lipinski definition) is 0. The average molecular weight is 437 g/mol. The lowest BCUT2D eigenvalue weighted by atomic mass is 9.80. The summed E-state index contributed by atoms with van der Waals surface area (Å²) in [6.07, 6.45) is 6.79. The van der Waals surface area contributed by atoms with Gasteiger partial charge >= 0.3 is 0 Å². The van der Waals surface area contributed by atoms with Gasteiger partial charge in [-0.1, -0.05) is 79.9 Å². The molecule has 0 amide bonds. The maximum Gasteiger partial charge on any atom is -0.0149 e. The highest BCUT2D eigenvalue weighted by atomic mass is 14.2. The van der Waals surface area contributed by atoms with Gasteiger partial charge in [0.25, 0.3) is 0 Å². The monoisotopic (exact) mass is 436 g/mol. The maximum absolute atomic E-state index is 2.40. The van der Waals surface area contributed by atoms with Crippen molar-refractivity contribution in [3.05, 3.63) is 109 Å². The summed E-state index contributed by atoms with van der Waals surface area (Å²) in [4.78, 5) is 0. The second-order valence-electron chi connectivity index (χ2n) is 10.1. The van der Waals surface area contributed by atoms with E-state index in [4.69, 9.17) is 0 Å². The highest BCUT2D eigenvalue weighted by molar-refractivity contribution is 6.08. The Morgan fingerprint density at radius 2 is 0.912 bits per heavy atom. The van der Waals surface area contributed by atoms with Crippen LogP contribution < -0.4 is 0 Å². The molecule has 6 aromatic rings. The minimum absolute atomic E-state index is 0.707. The lowest BCUT2D eigenvalue weighted by Gasteiger charge is -2.24. The van der Waals surface area contributed by atoms with E-state index in [0.29, 0.717) is 5.92 Å². The van der Waals surface area contributed by atoms with Crippen molar-refractivity contribution in [2.45, 2.75) is 38.0 Å². The van der Waals surface area contributed by atoms with Gasteiger partial charge in [0.1, 0.15) is 0 Å². The topological polar surface area (TPSA) is 0 Å². The van der Waals surface area contributed by atoms with Crippen LogP contribution in [0.15, 0.2) is 103 Å². The summed E-state index contributed by atoms with van der Waals surface area (Å²) < 4.78 is 0. The first kappa shape index (κ1) is 19.8. The molecule has 0 aromatic heterocycles. The van der Waals surface area contributed by atoms with Gasteiger partial charge in [0.2, 0.25) is 0 Å². The van der Waals surface area contributed by atoms with Crippen LogP contribution in [-0.2, 0) is 0 Å². The van der Waals surface area contributed by atoms with E-state index in [0.717, 1.165) is 0 Å². The van der Waals surface area contributed by atoms with Crippen LogP contribution in [0.3, 0.4) is 0 Å². The van der Waals surface area contributed by atoms with E-state index in [2.05, 4.69) is 103 Å². The summed E-state index contributed by atoms with van der Waals surface area (Å²) in [6.45, 7) is 0. The zero-order chi connectivity index (χ0) is 22.5. The third kappa shape index (κ3) is 3.37. The van der Waals surface area contributed by atoms with Crippen LogP contribution in [-0.4, -0.2) is 0 Å². The quantitative estimate of drug-likeness (QED) is 0.237. The number of benzene rings is 6. The highest BCUT2D eigenvalue weighted by Gasteiger charge is 2.19. The van der Waals surface area contributed by atoms with Crippen molar-refractivity contribution < 1.29 is 0 Å². The predicted octanol–water partition coefficient (Wildman–Crippen LogP) is 10.0. The first-order valence-electron chi connectivity index (χ1n) is 12.7. The van der Waals surface area contributed by atoms with E-state index in [1.165, 1.54) is 86.3 Å². The molecule has 1 fully saturated rings. The fraction of sp³-hybridized carbons (Fsp3) is 0.176. The molecule has 0 bridgehead atoms. The zero-order valence-corrected chi connectivity index (χ0v) is 19.4. The van der Waals surface area contributed by atoms with Crippen molar-refractivity contribution in [3.8, 4) is 11.1 Å². The molecule has 0 heteroatoms. The third-order valence-corrected chi connectivity index (χ3v) is 7.93. The van der Waals surface area contributed by atoms with E-state index in [1.54, 1.807) is 5.56 Å². The standard InChI is InChI=1S/C34H28/c1-2-8-23(9-3-1)33-12-6-7-13-34(33)27-15-14-26-18-31-21-29-16-24-10-4-5-11-25(24)17-30(29)22-32(31)20-28(26)19-27/h4-7,10-23H,1-3,8-9H2. The van der Waals surface area contributed by atoms with Crippen LogP contribution in [0.4, 0.5) is 0 Å². The Labute approximate surface area is 200 Å². The molecule has 1 saturated carbocycles. The van der Waals surface area contributed by atoms with E-state index in [-0.39, 0.29) is 0 Å². The molecule has 34 heavy (non-hydrogen) atoms. The van der Waals surface area contributed by atoms with Gasteiger partial charge in [-0.3, -0.25) is 0 Å². The van der Waals surface area contributed by atoms with Crippen molar-refractivity contribution in [1.82, 2.24) is 0 Å². The molecule has 164 valence electrons. The molecule has 0 N–H and O–H groups in total. The van der Waals surface area contributed by atoms with Gasteiger partial charge < -0.3 is 0 Å². The van der Waals surface area contributed by atoms with Crippen LogP contribution in [0.2, 0.25) is 0 Å². The summed E-state index contributed by atoms with van der Waals surface area (Å²) in [7, 11) is 0. The van der Waals surface area contributed by atoms with Crippen molar-refractivity contribution in [2.24, 2.45) is 0 Å². The summed E-state index contributed by atoms with van der Waals surface area (Å²) in [5.74, 6) is 0.707. The van der Waals surface area contributed by atoms with Crippen molar-refractivity contribution >= 4 is 43.1 Å². The predicted molar refractivity (Wildman–Crippen MR) is 148 cm³/mol. The Balaban J connectivity index is 1.38. The third-order valence-electron chi connectivity index (χ3n) is 7.93. The summed E-state index contributed by atoms with van der Waals surface area (Å²) in [5, 5.41) is 10.5. The van der Waals surface area contributed by atoms with Crippen LogP contribution >= 0.6 is 0 Å². The smallest absolute Gasteiger partial charge is 0.0149 e. The molecule has 1 aliphatic carbocycles. The summed E-state index contributed by atoms with van der Waals surface area (Å²) >= 11 is 0. The van der Waals surface area contributed by atoms with Crippen molar-refractivity contribution in [2.75, 3.05) is 0 Å². The Kier molecular flexibility index (Phi) is 4.65. The SMILES string of the molecule is c1ccc(C2CCCCC2)c(-c2ccc3cc4cc5cc6ccccc6cc5cc4cc3c2)c1. The lowest BCUT2D eigenvalue weighted by molar-refractivity contribution is 0.444. The molecule has 0 atom stereocenters. The number of rotatable bonds is 2. The van der Waals surface area contributed by atoms with Gasteiger partial charge in [0.15, 0.2) is 0 Å². The second-order valence-corrected chi connectivity index (χ2v) is 10.1. The van der Waals surface area contributed by atoms with Gasteiger partial charge in [0.05, 0.1) is 0 Å². The van der Waals surface area contributed by atoms with Crippen LogP contribution in [0.1, 0.15) is 43.6 Å². The number of hydrogen-bond acceptors (Lipinski definition) is 0. The van der Waals surface area contributed by atoms with E-state index in [9.17, 15) is 0 Å². The van der Waals surface area contributed by atoms with Gasteiger partial charge in [0, 0.05) is 0 Å². The Morgan fingerprint density at radius 1 is 0.412 bits per heavy atom. The van der Waals surface area contributed by atoms with Crippen molar-refractivity contribution in [3.63, 3.8) is 0 Å². The Morgan fingerprint density at radius 3 is 1.56 bits per heavy atom. The Hall–Kier alpha value is -3.64. The van der Waals surface area contributed by atoms with Gasteiger partial charge in [-0.05, 0) is 121 Å². The van der Waals surface area contributed by atoms with Crippen molar-refractivity contribution in [1.29, 1.82) is 0 Å². The molecule has 0 unspecified atom stereocenters. The van der Waals surface area contributed by atoms with Gasteiger partial charge in [-0.2, -0.15) is 0 Å². The molecule has 7 rings (SSSR count). The first-order valence-corrected chi connectivity index (χ1v) is 12.7. The van der Waals surface area contributed by atoms with Crippen LogP contribution in [0.5, 0.6) is 0 Å². The fourth-order valence-electron chi connectivity index (χ4n) is 6.14. The fourth-order valence-corrected chi connectivity index (χ4v) is 6.14. The molecule has 0 saturated heterocycles. The minimum atomic E-state index is 0.707. The highest BCUT2D eigenvalue weighted by Crippen LogP contribution is 2.39. The Bertz CT molecular complexity index is 1680. The summed E-state index contributed by atoms with van der Waals surface area (Å²) in [5.41, 5.74) is 4.31. The molecule has 0 spiro atoms. The van der Waals surface area contributed by atoms with Gasteiger partial charge in [-0.25, -0.2) is 0 Å².